The normalized spacial score (nSPS) is 26.2. The lowest BCUT2D eigenvalue weighted by Gasteiger charge is -2.31. The molecule has 0 amide bonds. The predicted molar refractivity (Wildman–Crippen MR) is 123 cm³/mol. The van der Waals surface area contributed by atoms with Crippen molar-refractivity contribution in [2.24, 2.45) is 10.9 Å². The summed E-state index contributed by atoms with van der Waals surface area (Å²) in [6.07, 6.45) is 5.16. The van der Waals surface area contributed by atoms with Crippen LogP contribution in [0, 0.1) is 5.92 Å². The van der Waals surface area contributed by atoms with E-state index in [-0.39, 0.29) is 30.1 Å². The van der Waals surface area contributed by atoms with Gasteiger partial charge in [-0.05, 0) is 43.9 Å². The van der Waals surface area contributed by atoms with E-state index in [1.807, 2.05) is 0 Å². The Bertz CT molecular complexity index is 537. The monoisotopic (exact) mass is 489 g/mol. The van der Waals surface area contributed by atoms with Crippen LogP contribution in [0.2, 0.25) is 0 Å². The van der Waals surface area contributed by atoms with Gasteiger partial charge in [0.05, 0.1) is 6.10 Å². The van der Waals surface area contributed by atoms with E-state index in [0.29, 0.717) is 5.92 Å². The first-order valence-corrected chi connectivity index (χ1v) is 10.7. The molecule has 0 saturated carbocycles. The van der Waals surface area contributed by atoms with Gasteiger partial charge in [0, 0.05) is 37.4 Å². The zero-order chi connectivity index (χ0) is 17.3. The second-order valence-corrected chi connectivity index (χ2v) is 8.25. The molecule has 0 radical (unpaired) electrons. The zero-order valence-corrected chi connectivity index (χ0v) is 18.8. The number of hydrogen-bond acceptors (Lipinski definition) is 3. The van der Waals surface area contributed by atoms with E-state index in [2.05, 4.69) is 59.7 Å². The largest absolute Gasteiger partial charge is 0.373 e. The Kier molecular flexibility index (Phi) is 10.1. The van der Waals surface area contributed by atoms with Gasteiger partial charge >= 0.3 is 0 Å². The Morgan fingerprint density at radius 3 is 2.77 bits per heavy atom. The lowest BCUT2D eigenvalue weighted by molar-refractivity contribution is -0.0250. The van der Waals surface area contributed by atoms with E-state index in [1.54, 1.807) is 0 Å². The average molecular weight is 489 g/mol. The van der Waals surface area contributed by atoms with Crippen LogP contribution in [-0.4, -0.2) is 43.2 Å². The Balaban J connectivity index is 0.00000243. The molecule has 3 atom stereocenters. The van der Waals surface area contributed by atoms with E-state index in [4.69, 9.17) is 9.73 Å². The molecule has 2 fully saturated rings. The van der Waals surface area contributed by atoms with Crippen LogP contribution in [0.1, 0.15) is 44.3 Å². The molecule has 26 heavy (non-hydrogen) atoms. The zero-order valence-electron chi connectivity index (χ0n) is 15.7. The SMILES string of the molecule is CCNC(=NCC1CCCOC1c1ccccc1)NCC1CCCS1.I. The highest BCUT2D eigenvalue weighted by Gasteiger charge is 2.27. The van der Waals surface area contributed by atoms with Gasteiger partial charge in [0.15, 0.2) is 5.96 Å². The molecule has 0 spiro atoms. The first kappa shape index (κ1) is 21.8. The lowest BCUT2D eigenvalue weighted by atomic mass is 9.89. The van der Waals surface area contributed by atoms with Crippen molar-refractivity contribution in [3.8, 4) is 0 Å². The minimum Gasteiger partial charge on any atom is -0.373 e. The van der Waals surface area contributed by atoms with Gasteiger partial charge in [-0.2, -0.15) is 11.8 Å². The molecule has 2 N–H and O–H groups in total. The molecule has 2 aliphatic heterocycles. The van der Waals surface area contributed by atoms with Crippen LogP contribution < -0.4 is 10.6 Å². The van der Waals surface area contributed by atoms with Gasteiger partial charge in [-0.3, -0.25) is 4.99 Å². The summed E-state index contributed by atoms with van der Waals surface area (Å²) in [4.78, 5) is 4.88. The molecule has 2 heterocycles. The molecule has 146 valence electrons. The number of rotatable bonds is 6. The number of benzene rings is 1. The van der Waals surface area contributed by atoms with Gasteiger partial charge in [0.2, 0.25) is 0 Å². The van der Waals surface area contributed by atoms with Crippen molar-refractivity contribution in [3.63, 3.8) is 0 Å². The second kappa shape index (κ2) is 12.1. The molecular formula is C20H32IN3OS. The van der Waals surface area contributed by atoms with Crippen LogP contribution in [0.25, 0.3) is 0 Å². The fraction of sp³-hybridized carbons (Fsp3) is 0.650. The molecule has 2 saturated heterocycles. The summed E-state index contributed by atoms with van der Waals surface area (Å²) < 4.78 is 6.10. The molecular weight excluding hydrogens is 457 g/mol. The Labute approximate surface area is 179 Å². The van der Waals surface area contributed by atoms with E-state index >= 15 is 0 Å². The van der Waals surface area contributed by atoms with Crippen LogP contribution in [0.3, 0.4) is 0 Å². The fourth-order valence-electron chi connectivity index (χ4n) is 3.61. The Hall–Kier alpha value is -0.470. The number of nitrogens with zero attached hydrogens (tertiary/aromatic N) is 1. The fourth-order valence-corrected chi connectivity index (χ4v) is 4.81. The number of guanidine groups is 1. The number of aliphatic imine (C=N–C) groups is 1. The van der Waals surface area contributed by atoms with Gasteiger partial charge in [0.25, 0.3) is 0 Å². The summed E-state index contributed by atoms with van der Waals surface area (Å²) in [5.41, 5.74) is 1.28. The summed E-state index contributed by atoms with van der Waals surface area (Å²) in [5.74, 6) is 2.71. The molecule has 0 aromatic heterocycles. The van der Waals surface area contributed by atoms with E-state index in [1.165, 1.54) is 30.6 Å². The highest BCUT2D eigenvalue weighted by molar-refractivity contribution is 14.0. The first-order chi connectivity index (χ1) is 12.4. The van der Waals surface area contributed by atoms with Gasteiger partial charge in [0.1, 0.15) is 0 Å². The Morgan fingerprint density at radius 2 is 2.04 bits per heavy atom. The average Bonchev–Trinajstić information content (AvgIpc) is 3.18. The number of hydrogen-bond donors (Lipinski definition) is 2. The van der Waals surface area contributed by atoms with Crippen molar-refractivity contribution in [3.05, 3.63) is 35.9 Å². The van der Waals surface area contributed by atoms with Crippen LogP contribution in [0.4, 0.5) is 0 Å². The standard InChI is InChI=1S/C20H31N3OS.HI/c1-2-21-20(23-15-18-11-7-13-25-18)22-14-17-10-6-12-24-19(17)16-8-4-3-5-9-16;/h3-5,8-9,17-19H,2,6-7,10-15H2,1H3,(H2,21,22,23);1H. The van der Waals surface area contributed by atoms with E-state index in [0.717, 1.165) is 43.9 Å². The highest BCUT2D eigenvalue weighted by atomic mass is 127. The van der Waals surface area contributed by atoms with E-state index in [9.17, 15) is 0 Å². The minimum atomic E-state index is 0. The maximum absolute atomic E-state index is 6.10. The number of halogens is 1. The molecule has 0 aliphatic carbocycles. The van der Waals surface area contributed by atoms with Crippen LogP contribution in [0.5, 0.6) is 0 Å². The van der Waals surface area contributed by atoms with E-state index < -0.39 is 0 Å². The minimum absolute atomic E-state index is 0. The molecule has 4 nitrogen and oxygen atoms in total. The predicted octanol–water partition coefficient (Wildman–Crippen LogP) is 4.22. The summed E-state index contributed by atoms with van der Waals surface area (Å²) in [7, 11) is 0. The summed E-state index contributed by atoms with van der Waals surface area (Å²) in [6.45, 7) is 5.70. The van der Waals surface area contributed by atoms with Gasteiger partial charge in [-0.1, -0.05) is 30.3 Å². The Morgan fingerprint density at radius 1 is 1.19 bits per heavy atom. The van der Waals surface area contributed by atoms with Crippen molar-refractivity contribution in [1.82, 2.24) is 10.6 Å². The number of nitrogens with one attached hydrogen (secondary N) is 2. The molecule has 0 bridgehead atoms. The van der Waals surface area contributed by atoms with Crippen molar-refractivity contribution in [1.29, 1.82) is 0 Å². The topological polar surface area (TPSA) is 45.7 Å². The third-order valence-electron chi connectivity index (χ3n) is 4.92. The van der Waals surface area contributed by atoms with Crippen molar-refractivity contribution < 1.29 is 4.74 Å². The van der Waals surface area contributed by atoms with Gasteiger partial charge in [-0.25, -0.2) is 0 Å². The maximum atomic E-state index is 6.10. The smallest absolute Gasteiger partial charge is 0.191 e. The van der Waals surface area contributed by atoms with Crippen molar-refractivity contribution in [2.45, 2.75) is 44.0 Å². The molecule has 1 aromatic carbocycles. The number of thioether (sulfide) groups is 1. The molecule has 1 aromatic rings. The molecule has 2 aliphatic rings. The first-order valence-electron chi connectivity index (χ1n) is 9.67. The quantitative estimate of drug-likeness (QED) is 0.357. The van der Waals surface area contributed by atoms with Gasteiger partial charge in [-0.15, -0.1) is 24.0 Å². The lowest BCUT2D eigenvalue weighted by Crippen LogP contribution is -2.40. The third kappa shape index (κ3) is 6.60. The molecule has 6 heteroatoms. The van der Waals surface area contributed by atoms with Gasteiger partial charge < -0.3 is 15.4 Å². The van der Waals surface area contributed by atoms with Crippen LogP contribution >= 0.6 is 35.7 Å². The maximum Gasteiger partial charge on any atom is 0.191 e. The third-order valence-corrected chi connectivity index (χ3v) is 6.32. The summed E-state index contributed by atoms with van der Waals surface area (Å²) in [5, 5.41) is 7.66. The van der Waals surface area contributed by atoms with Crippen LogP contribution in [-0.2, 0) is 4.74 Å². The number of ether oxygens (including phenoxy) is 1. The highest BCUT2D eigenvalue weighted by Crippen LogP contribution is 2.33. The molecule has 3 rings (SSSR count). The summed E-state index contributed by atoms with van der Waals surface area (Å²) >= 11 is 2.08. The van der Waals surface area contributed by atoms with Crippen molar-refractivity contribution in [2.75, 3.05) is 32.0 Å². The molecule has 3 unspecified atom stereocenters. The van der Waals surface area contributed by atoms with Crippen LogP contribution in [0.15, 0.2) is 35.3 Å². The summed E-state index contributed by atoms with van der Waals surface area (Å²) in [6, 6.07) is 10.6. The van der Waals surface area contributed by atoms with Crippen molar-refractivity contribution >= 4 is 41.7 Å². The second-order valence-electron chi connectivity index (χ2n) is 6.84.